The molecule has 1 aromatic carbocycles. The largest absolute Gasteiger partial charge is 0.318 e. The number of anilines is 1. The van der Waals surface area contributed by atoms with Crippen molar-refractivity contribution in [3.8, 4) is 0 Å². The topological polar surface area (TPSA) is 57.8 Å². The fourth-order valence-electron chi connectivity index (χ4n) is 1.35. The molecule has 0 radical (unpaired) electrons. The molecule has 0 spiro atoms. The maximum Gasteiger partial charge on any atom is 0.274 e. The number of nitrogens with one attached hydrogen (secondary N) is 2. The Kier molecular flexibility index (Phi) is 3.23. The van der Waals surface area contributed by atoms with Crippen LogP contribution in [0.15, 0.2) is 28.9 Å². The van der Waals surface area contributed by atoms with Crippen LogP contribution in [-0.2, 0) is 0 Å². The van der Waals surface area contributed by atoms with Crippen molar-refractivity contribution in [2.45, 2.75) is 6.92 Å². The molecule has 4 nitrogen and oxygen atoms in total. The predicted molar refractivity (Wildman–Crippen MR) is 65.4 cm³/mol. The van der Waals surface area contributed by atoms with Crippen molar-refractivity contribution in [2.75, 3.05) is 5.32 Å². The standard InChI is InChI=1S/C11H9BrFN3O/c1-6-2-3-8(13)9(4-6)15-11(17)10-7(12)5-14-16-10/h2-5H,1H3,(H,14,16)(H,15,17). The van der Waals surface area contributed by atoms with E-state index in [1.807, 2.05) is 6.92 Å². The average Bonchev–Trinajstić information content (AvgIpc) is 2.70. The first kappa shape index (κ1) is 11.8. The number of H-pyrrole nitrogens is 1. The minimum Gasteiger partial charge on any atom is -0.318 e. The molecular formula is C11H9BrFN3O. The molecule has 0 saturated heterocycles. The van der Waals surface area contributed by atoms with E-state index in [0.29, 0.717) is 4.47 Å². The van der Waals surface area contributed by atoms with E-state index in [2.05, 4.69) is 31.4 Å². The number of benzene rings is 1. The maximum atomic E-state index is 13.4. The Bertz CT molecular complexity index is 568. The third kappa shape index (κ3) is 2.52. The molecule has 0 aliphatic rings. The van der Waals surface area contributed by atoms with Gasteiger partial charge >= 0.3 is 0 Å². The number of aromatic nitrogens is 2. The molecule has 17 heavy (non-hydrogen) atoms. The molecule has 2 N–H and O–H groups in total. The van der Waals surface area contributed by atoms with Crippen molar-refractivity contribution in [3.63, 3.8) is 0 Å². The summed E-state index contributed by atoms with van der Waals surface area (Å²) in [4.78, 5) is 11.8. The second-order valence-electron chi connectivity index (χ2n) is 3.53. The van der Waals surface area contributed by atoms with E-state index in [0.717, 1.165) is 5.56 Å². The number of hydrogen-bond donors (Lipinski definition) is 2. The molecule has 0 aliphatic carbocycles. The summed E-state index contributed by atoms with van der Waals surface area (Å²) in [5.74, 6) is -0.918. The van der Waals surface area contributed by atoms with Crippen molar-refractivity contribution in [2.24, 2.45) is 0 Å². The number of halogens is 2. The van der Waals surface area contributed by atoms with E-state index < -0.39 is 11.7 Å². The quantitative estimate of drug-likeness (QED) is 0.895. The van der Waals surface area contributed by atoms with Crippen LogP contribution in [0.2, 0.25) is 0 Å². The summed E-state index contributed by atoms with van der Waals surface area (Å²) >= 11 is 3.16. The molecule has 0 fully saturated rings. The fourth-order valence-corrected chi connectivity index (χ4v) is 1.72. The van der Waals surface area contributed by atoms with Crippen molar-refractivity contribution in [1.29, 1.82) is 0 Å². The van der Waals surface area contributed by atoms with Gasteiger partial charge in [0.15, 0.2) is 0 Å². The van der Waals surface area contributed by atoms with Crippen LogP contribution in [-0.4, -0.2) is 16.1 Å². The lowest BCUT2D eigenvalue weighted by atomic mass is 10.2. The van der Waals surface area contributed by atoms with Gasteiger partial charge in [-0.15, -0.1) is 0 Å². The minimum absolute atomic E-state index is 0.150. The third-order valence-electron chi connectivity index (χ3n) is 2.19. The number of carbonyl (C=O) groups is 1. The number of aryl methyl sites for hydroxylation is 1. The van der Waals surface area contributed by atoms with Gasteiger partial charge in [0.2, 0.25) is 0 Å². The van der Waals surface area contributed by atoms with Gasteiger partial charge in [0, 0.05) is 0 Å². The molecule has 88 valence electrons. The van der Waals surface area contributed by atoms with Crippen LogP contribution < -0.4 is 5.32 Å². The van der Waals surface area contributed by atoms with E-state index in [-0.39, 0.29) is 11.4 Å². The van der Waals surface area contributed by atoms with Crippen LogP contribution in [0.5, 0.6) is 0 Å². The Morgan fingerprint density at radius 3 is 2.94 bits per heavy atom. The molecule has 1 heterocycles. The average molecular weight is 298 g/mol. The first-order valence-electron chi connectivity index (χ1n) is 4.84. The molecule has 1 amide bonds. The van der Waals surface area contributed by atoms with Crippen LogP contribution in [0.4, 0.5) is 10.1 Å². The zero-order chi connectivity index (χ0) is 12.4. The van der Waals surface area contributed by atoms with Crippen LogP contribution in [0.3, 0.4) is 0 Å². The second-order valence-corrected chi connectivity index (χ2v) is 4.38. The van der Waals surface area contributed by atoms with Gasteiger partial charge in [0.1, 0.15) is 11.5 Å². The van der Waals surface area contributed by atoms with E-state index in [4.69, 9.17) is 0 Å². The lowest BCUT2D eigenvalue weighted by Crippen LogP contribution is -2.14. The summed E-state index contributed by atoms with van der Waals surface area (Å²) in [5.41, 5.74) is 1.27. The lowest BCUT2D eigenvalue weighted by Gasteiger charge is -2.06. The molecule has 0 saturated carbocycles. The molecule has 6 heteroatoms. The molecule has 1 aromatic heterocycles. The first-order chi connectivity index (χ1) is 8.08. The Morgan fingerprint density at radius 2 is 2.29 bits per heavy atom. The van der Waals surface area contributed by atoms with Gasteiger partial charge in [-0.05, 0) is 40.5 Å². The zero-order valence-electron chi connectivity index (χ0n) is 8.92. The second kappa shape index (κ2) is 4.67. The Labute approximate surface area is 105 Å². The van der Waals surface area contributed by atoms with Gasteiger partial charge in [-0.1, -0.05) is 6.07 Å². The molecule has 2 aromatic rings. The number of aromatic amines is 1. The highest BCUT2D eigenvalue weighted by Crippen LogP contribution is 2.18. The number of carbonyl (C=O) groups excluding carboxylic acids is 1. The van der Waals surface area contributed by atoms with E-state index in [1.165, 1.54) is 12.3 Å². The summed E-state index contributed by atoms with van der Waals surface area (Å²) in [6, 6.07) is 4.52. The van der Waals surface area contributed by atoms with Gasteiger partial charge < -0.3 is 5.32 Å². The van der Waals surface area contributed by atoms with Crippen LogP contribution >= 0.6 is 15.9 Å². The van der Waals surface area contributed by atoms with Crippen molar-refractivity contribution >= 4 is 27.5 Å². The number of amides is 1. The third-order valence-corrected chi connectivity index (χ3v) is 2.79. The predicted octanol–water partition coefficient (Wildman–Crippen LogP) is 2.87. The number of nitrogens with zero attached hydrogens (tertiary/aromatic N) is 1. The first-order valence-corrected chi connectivity index (χ1v) is 5.63. The summed E-state index contributed by atoms with van der Waals surface area (Å²) < 4.78 is 14.0. The zero-order valence-corrected chi connectivity index (χ0v) is 10.5. The van der Waals surface area contributed by atoms with E-state index >= 15 is 0 Å². The van der Waals surface area contributed by atoms with Gasteiger partial charge in [-0.3, -0.25) is 9.89 Å². The number of rotatable bonds is 2. The lowest BCUT2D eigenvalue weighted by molar-refractivity contribution is 0.102. The van der Waals surface area contributed by atoms with Crippen molar-refractivity contribution < 1.29 is 9.18 Å². The molecule has 0 bridgehead atoms. The van der Waals surface area contributed by atoms with Gasteiger partial charge in [0.05, 0.1) is 16.4 Å². The molecular weight excluding hydrogens is 289 g/mol. The highest BCUT2D eigenvalue weighted by molar-refractivity contribution is 9.10. The van der Waals surface area contributed by atoms with Crippen LogP contribution in [0, 0.1) is 12.7 Å². The van der Waals surface area contributed by atoms with E-state index in [9.17, 15) is 9.18 Å². The monoisotopic (exact) mass is 297 g/mol. The smallest absolute Gasteiger partial charge is 0.274 e. The van der Waals surface area contributed by atoms with Crippen LogP contribution in [0.1, 0.15) is 16.1 Å². The number of hydrogen-bond acceptors (Lipinski definition) is 2. The Balaban J connectivity index is 2.24. The highest BCUT2D eigenvalue weighted by atomic mass is 79.9. The fraction of sp³-hybridized carbons (Fsp3) is 0.0909. The molecule has 0 atom stereocenters. The van der Waals surface area contributed by atoms with Gasteiger partial charge in [0.25, 0.3) is 5.91 Å². The van der Waals surface area contributed by atoms with E-state index in [1.54, 1.807) is 12.1 Å². The van der Waals surface area contributed by atoms with Gasteiger partial charge in [-0.25, -0.2) is 4.39 Å². The Hall–Kier alpha value is -1.69. The minimum atomic E-state index is -0.473. The summed E-state index contributed by atoms with van der Waals surface area (Å²) in [6.45, 7) is 1.82. The maximum absolute atomic E-state index is 13.4. The molecule has 0 aliphatic heterocycles. The molecule has 2 rings (SSSR count). The highest BCUT2D eigenvalue weighted by Gasteiger charge is 2.14. The Morgan fingerprint density at radius 1 is 1.53 bits per heavy atom. The summed E-state index contributed by atoms with van der Waals surface area (Å²) in [7, 11) is 0. The summed E-state index contributed by atoms with van der Waals surface area (Å²) in [5, 5.41) is 8.71. The SMILES string of the molecule is Cc1ccc(F)c(NC(=O)c2[nH]ncc2Br)c1. The van der Waals surface area contributed by atoms with Gasteiger partial charge in [-0.2, -0.15) is 5.10 Å². The summed E-state index contributed by atoms with van der Waals surface area (Å²) in [6.07, 6.45) is 1.46. The molecule has 0 unspecified atom stereocenters. The van der Waals surface area contributed by atoms with Crippen molar-refractivity contribution in [1.82, 2.24) is 10.2 Å². The van der Waals surface area contributed by atoms with Crippen LogP contribution in [0.25, 0.3) is 0 Å². The normalized spacial score (nSPS) is 10.3. The van der Waals surface area contributed by atoms with Crippen molar-refractivity contribution in [3.05, 3.63) is 45.9 Å².